The zero-order chi connectivity index (χ0) is 39.8. The van der Waals surface area contributed by atoms with Crippen LogP contribution in [-0.2, 0) is 10.8 Å². The second-order valence-corrected chi connectivity index (χ2v) is 20.2. The second-order valence-electron chi connectivity index (χ2n) is 19.0. The van der Waals surface area contributed by atoms with Crippen LogP contribution in [0.2, 0.25) is 0 Å². The van der Waals surface area contributed by atoms with Crippen molar-refractivity contribution in [3.8, 4) is 0 Å². The number of benzene rings is 1. The summed E-state index contributed by atoms with van der Waals surface area (Å²) >= 11 is 2.06. The molecule has 291 valence electrons. The molecule has 1 aromatic carbocycles. The summed E-state index contributed by atoms with van der Waals surface area (Å²) in [7, 11) is 2.42. The zero-order valence-corrected chi connectivity index (χ0v) is 36.7. The van der Waals surface area contributed by atoms with E-state index in [0.29, 0.717) is 23.0 Å². The first-order valence-corrected chi connectivity index (χ1v) is 21.5. The minimum atomic E-state index is -0.0157. The Bertz CT molecular complexity index is 1660. The molecule has 1 heterocycles. The quantitative estimate of drug-likeness (QED) is 0.103. The molecule has 1 fully saturated rings. The molecule has 6 unspecified atom stereocenters. The van der Waals surface area contributed by atoms with Crippen LogP contribution in [0.1, 0.15) is 126 Å². The van der Waals surface area contributed by atoms with Crippen LogP contribution < -0.4 is 10.2 Å². The Hall–Kier alpha value is -3.11. The largest absolute Gasteiger partial charge is 0.385 e. The Labute approximate surface area is 337 Å². The van der Waals surface area contributed by atoms with Gasteiger partial charge in [-0.05, 0) is 113 Å². The first kappa shape index (κ1) is 43.6. The van der Waals surface area contributed by atoms with Crippen molar-refractivity contribution in [2.45, 2.75) is 143 Å². The van der Waals surface area contributed by atoms with Crippen LogP contribution in [0.3, 0.4) is 0 Å². The maximum Gasteiger partial charge on any atom is 0.179 e. The van der Waals surface area contributed by atoms with E-state index in [2.05, 4.69) is 198 Å². The Balaban J connectivity index is 1.91. The standard InChI is InChI=1S/C50H72BN2S/c1-15-18-19-20-30-51-46-42-33-40-35(4)24-25-36(5)41(40)34-45(42)54-47(46)53(39-26-27-43(49(9,10)11)44(32-39)50(12,13)14)38(22-16-2)28-31-52-37(17-3)23-21-29-48(6,7)8/h15-17,20-21,26-38,42,45,52H,1-3,18-19,22-25H2,4-14H3/b29-21+,30-20+,31-28+. The van der Waals surface area contributed by atoms with Crippen molar-refractivity contribution in [1.82, 2.24) is 5.32 Å². The van der Waals surface area contributed by atoms with Crippen molar-refractivity contribution >= 4 is 24.7 Å². The molecule has 1 saturated carbocycles. The molecule has 1 aromatic rings. The van der Waals surface area contributed by atoms with E-state index in [-0.39, 0.29) is 28.3 Å². The smallest absolute Gasteiger partial charge is 0.179 e. The van der Waals surface area contributed by atoms with E-state index in [0.717, 1.165) is 25.7 Å². The highest BCUT2D eigenvalue weighted by Gasteiger charge is 2.41. The minimum Gasteiger partial charge on any atom is -0.385 e. The molecule has 0 aromatic heterocycles. The third kappa shape index (κ3) is 11.2. The molecule has 0 bridgehead atoms. The topological polar surface area (TPSA) is 15.3 Å². The van der Waals surface area contributed by atoms with Gasteiger partial charge in [0.2, 0.25) is 0 Å². The van der Waals surface area contributed by atoms with Gasteiger partial charge in [0.25, 0.3) is 0 Å². The molecule has 0 saturated heterocycles. The molecule has 4 heteroatoms. The number of thioether (sulfide) groups is 1. The van der Waals surface area contributed by atoms with Crippen LogP contribution >= 0.6 is 11.8 Å². The average Bonchev–Trinajstić information content (AvgIpc) is 3.43. The zero-order valence-electron chi connectivity index (χ0n) is 35.8. The number of allylic oxidation sites excluding steroid dienone is 7. The van der Waals surface area contributed by atoms with Crippen molar-refractivity contribution < 1.29 is 0 Å². The van der Waals surface area contributed by atoms with E-state index in [4.69, 9.17) is 0 Å². The van der Waals surface area contributed by atoms with Crippen LogP contribution in [0.5, 0.6) is 0 Å². The van der Waals surface area contributed by atoms with Crippen molar-refractivity contribution in [3.05, 3.63) is 138 Å². The van der Waals surface area contributed by atoms with Gasteiger partial charge in [-0.25, -0.2) is 0 Å². The summed E-state index contributed by atoms with van der Waals surface area (Å²) in [5.41, 5.74) is 8.81. The highest BCUT2D eigenvalue weighted by Crippen LogP contribution is 2.53. The lowest BCUT2D eigenvalue weighted by Crippen LogP contribution is -2.34. The Morgan fingerprint density at radius 1 is 0.852 bits per heavy atom. The lowest BCUT2D eigenvalue weighted by Gasteiger charge is -2.36. The fraction of sp³-hybridized carbons (Fsp3) is 0.520. The van der Waals surface area contributed by atoms with Crippen molar-refractivity contribution in [1.29, 1.82) is 0 Å². The third-order valence-electron chi connectivity index (χ3n) is 11.1. The summed E-state index contributed by atoms with van der Waals surface area (Å²) in [6.07, 6.45) is 29.1. The summed E-state index contributed by atoms with van der Waals surface area (Å²) in [6, 6.07) is 7.48. The molecule has 1 N–H and O–H groups in total. The summed E-state index contributed by atoms with van der Waals surface area (Å²) in [5.74, 6) is 3.83. The number of anilines is 1. The molecule has 0 amide bonds. The van der Waals surface area contributed by atoms with E-state index < -0.39 is 0 Å². The Morgan fingerprint density at radius 3 is 2.11 bits per heavy atom. The molecule has 2 aliphatic carbocycles. The predicted molar refractivity (Wildman–Crippen MR) is 244 cm³/mol. The Morgan fingerprint density at radius 2 is 1.52 bits per heavy atom. The van der Waals surface area contributed by atoms with E-state index in [1.165, 1.54) is 40.2 Å². The van der Waals surface area contributed by atoms with Gasteiger partial charge in [-0.2, -0.15) is 0 Å². The molecular formula is C50H72BN2S. The summed E-state index contributed by atoms with van der Waals surface area (Å²) in [4.78, 5) is 2.64. The van der Waals surface area contributed by atoms with Crippen LogP contribution in [0, 0.1) is 23.2 Å². The SMILES string of the molecule is C=CCC/C=C/[B]C1=C(N(c2ccc(C(C)(C)C)c(C(C)(C)C)c2)C(/C=C/NC(C=C)C/C=C/C(C)(C)C)CC=C)SC2C=C3C(=CC12)C(C)CCC3C. The summed E-state index contributed by atoms with van der Waals surface area (Å²) in [5, 5.41) is 5.40. The lowest BCUT2D eigenvalue weighted by molar-refractivity contribution is 0.447. The molecular weight excluding hydrogens is 671 g/mol. The van der Waals surface area contributed by atoms with Gasteiger partial charge in [-0.3, -0.25) is 0 Å². The highest BCUT2D eigenvalue weighted by atomic mass is 32.2. The van der Waals surface area contributed by atoms with Gasteiger partial charge in [-0.15, -0.1) is 37.5 Å². The number of unbranched alkanes of at least 4 members (excludes halogenated alkanes) is 1. The predicted octanol–water partition coefficient (Wildman–Crippen LogP) is 13.7. The van der Waals surface area contributed by atoms with E-state index >= 15 is 0 Å². The fourth-order valence-corrected chi connectivity index (χ4v) is 9.53. The maximum atomic E-state index is 4.29. The summed E-state index contributed by atoms with van der Waals surface area (Å²) in [6.45, 7) is 38.1. The van der Waals surface area contributed by atoms with E-state index in [1.807, 2.05) is 12.2 Å². The fourth-order valence-electron chi connectivity index (χ4n) is 7.99. The van der Waals surface area contributed by atoms with Crippen LogP contribution in [-0.4, -0.2) is 24.6 Å². The number of fused-ring (bicyclic) bond motifs is 2. The van der Waals surface area contributed by atoms with Gasteiger partial charge < -0.3 is 10.2 Å². The molecule has 1 aliphatic heterocycles. The first-order chi connectivity index (χ1) is 25.4. The van der Waals surface area contributed by atoms with Crippen molar-refractivity contribution in [2.75, 3.05) is 4.90 Å². The van der Waals surface area contributed by atoms with Crippen molar-refractivity contribution in [2.24, 2.45) is 23.2 Å². The van der Waals surface area contributed by atoms with Gasteiger partial charge in [0.15, 0.2) is 7.28 Å². The van der Waals surface area contributed by atoms with Gasteiger partial charge in [0.05, 0.1) is 11.1 Å². The average molecular weight is 744 g/mol. The number of rotatable bonds is 16. The van der Waals surface area contributed by atoms with Gasteiger partial charge in [-0.1, -0.05) is 136 Å². The number of hydrogen-bond donors (Lipinski definition) is 1. The molecule has 2 nitrogen and oxygen atoms in total. The molecule has 4 rings (SSSR count). The Kier molecular flexibility index (Phi) is 15.1. The first-order valence-electron chi connectivity index (χ1n) is 20.6. The number of nitrogens with zero attached hydrogens (tertiary/aromatic N) is 1. The lowest BCUT2D eigenvalue weighted by atomic mass is 9.61. The molecule has 1 radical (unpaired) electrons. The summed E-state index contributed by atoms with van der Waals surface area (Å²) < 4.78 is 0. The van der Waals surface area contributed by atoms with Crippen LogP contribution in [0.25, 0.3) is 0 Å². The number of hydrogen-bond acceptors (Lipinski definition) is 3. The van der Waals surface area contributed by atoms with Crippen LogP contribution in [0.4, 0.5) is 5.69 Å². The third-order valence-corrected chi connectivity index (χ3v) is 12.4. The minimum absolute atomic E-state index is 0.0157. The van der Waals surface area contributed by atoms with Crippen molar-refractivity contribution in [3.63, 3.8) is 0 Å². The van der Waals surface area contributed by atoms with Gasteiger partial charge in [0, 0.05) is 22.9 Å². The maximum absolute atomic E-state index is 4.29. The van der Waals surface area contributed by atoms with Gasteiger partial charge >= 0.3 is 0 Å². The molecule has 0 spiro atoms. The number of nitrogens with one attached hydrogen (secondary N) is 1. The van der Waals surface area contributed by atoms with E-state index in [9.17, 15) is 0 Å². The highest BCUT2D eigenvalue weighted by molar-refractivity contribution is 8.04. The molecule has 54 heavy (non-hydrogen) atoms. The second kappa shape index (κ2) is 18.7. The normalized spacial score (nSPS) is 23.2. The monoisotopic (exact) mass is 744 g/mol. The van der Waals surface area contributed by atoms with Gasteiger partial charge in [0.1, 0.15) is 0 Å². The molecule has 6 atom stereocenters. The van der Waals surface area contributed by atoms with E-state index in [1.54, 1.807) is 11.1 Å². The van der Waals surface area contributed by atoms with Crippen LogP contribution in [0.15, 0.2) is 126 Å². The molecule has 3 aliphatic rings.